The van der Waals surface area contributed by atoms with Gasteiger partial charge in [0.2, 0.25) is 76.8 Å². The maximum absolute atomic E-state index is 15.5. The van der Waals surface area contributed by atoms with Gasteiger partial charge in [0.25, 0.3) is 0 Å². The summed E-state index contributed by atoms with van der Waals surface area (Å²) < 4.78 is 0. The van der Waals surface area contributed by atoms with E-state index in [9.17, 15) is 48.3 Å². The number of amides is 13. The average molecular weight is 1420 g/mol. The third-order valence-electron chi connectivity index (χ3n) is 18.9. The quantitative estimate of drug-likeness (QED) is 0.0905. The lowest BCUT2D eigenvalue weighted by molar-refractivity contribution is -0.150. The summed E-state index contributed by atoms with van der Waals surface area (Å²) >= 11 is 0. The molecule has 0 spiro atoms. The number of nitrogens with zero attached hydrogens (tertiary/aromatic N) is 6. The molecule has 27 heteroatoms. The first-order valence-electron chi connectivity index (χ1n) is 35.5. The van der Waals surface area contributed by atoms with Gasteiger partial charge in [-0.2, -0.15) is 0 Å². The largest absolute Gasteiger partial charge is 0.391 e. The van der Waals surface area contributed by atoms with Gasteiger partial charge in [-0.25, -0.2) is 0 Å². The van der Waals surface area contributed by atoms with Crippen molar-refractivity contribution >= 4 is 76.8 Å². The summed E-state index contributed by atoms with van der Waals surface area (Å²) in [4.78, 5) is 199. The molecule has 8 N–H and O–H groups in total. The Morgan fingerprint density at radius 3 is 1.58 bits per heavy atom. The molecule has 2 aliphatic heterocycles. The third kappa shape index (κ3) is 23.7. The SMILES string of the molecule is CC(C)C[C@H]1C(=O)N(C)[C@@H](C(C)C)C(=O)N[C@@H](Cc2ccccc2)C(=O)N[C@H](C(=O)N(C)[C@@H](Cc2ccccc2)C(=O)N[C@@H](C)C(=O)N2CCCCC2)CC(=O)N[C@H](C)C(=O)N[C@@H](C(C)C)C(=O)N(C)[C@@H](CC(C)C)C(=O)N[C@@H]([C@@H](C)O)C(=O)N(C)[C@@H](Cc2ccccc2)C(=O)NCC(=O)N1C. The minimum absolute atomic E-state index is 0.0236. The van der Waals surface area contributed by atoms with E-state index in [0.29, 0.717) is 29.8 Å². The zero-order valence-electron chi connectivity index (χ0n) is 62.3. The van der Waals surface area contributed by atoms with E-state index in [2.05, 4.69) is 37.2 Å². The van der Waals surface area contributed by atoms with Crippen LogP contribution in [0.5, 0.6) is 0 Å². The van der Waals surface area contributed by atoms with Crippen LogP contribution in [0.1, 0.15) is 131 Å². The first kappa shape index (κ1) is 83.4. The van der Waals surface area contributed by atoms with Crippen LogP contribution in [0, 0.1) is 23.7 Å². The summed E-state index contributed by atoms with van der Waals surface area (Å²) in [6.07, 6.45) is -0.200. The van der Waals surface area contributed by atoms with Crippen LogP contribution in [0.15, 0.2) is 91.0 Å². The molecule has 2 aliphatic rings. The topological polar surface area (TPSA) is 346 Å². The standard InChI is InChI=1S/C75H111N13O14/c1-44(2)37-56-69(96)82-63(50(11)89)75(102)86(15)57(40-52-31-23-18-24-32-52)67(94)76-43-61(91)83(12)59(38-45(3)4)73(100)87(16)64(47(7)8)70(97)79-54(39-51-29-21-17-22-30-51)66(93)80-55(42-60(90)77-48(9)65(92)81-62(46(5)6)74(101)85(56)14)72(99)84(13)58(41-53-33-25-19-26-34-53)68(95)78-49(10)71(98)88-35-27-20-28-36-88/h17-19,21-26,29-34,44-50,54-59,62-64,89H,20,27-28,35-43H2,1-16H3,(H,76,94)(H,77,90)(H,78,95)(H,79,97)(H,80,93)(H,81,92)(H,82,96)/t48-,49+,50-,54+,55+,56+,57+,58+,59+,62+,63+,64+/m1/s1. The van der Waals surface area contributed by atoms with Crippen molar-refractivity contribution in [1.82, 2.24) is 66.6 Å². The number of likely N-dealkylation sites (N-methyl/N-ethyl adjacent to an activating group) is 5. The second kappa shape index (κ2) is 39.2. The van der Waals surface area contributed by atoms with Crippen LogP contribution in [-0.4, -0.2) is 239 Å². The molecule has 0 unspecified atom stereocenters. The van der Waals surface area contributed by atoms with Crippen molar-refractivity contribution in [1.29, 1.82) is 0 Å². The molecule has 2 heterocycles. The summed E-state index contributed by atoms with van der Waals surface area (Å²) in [5, 5.41) is 30.2. The lowest BCUT2D eigenvalue weighted by atomic mass is 9.96. The Hall–Kier alpha value is -9.27. The molecule has 0 saturated carbocycles. The molecule has 0 bridgehead atoms. The number of likely N-dealkylation sites (tertiary alicyclic amines) is 1. The van der Waals surface area contributed by atoms with Gasteiger partial charge < -0.3 is 71.7 Å². The Morgan fingerprint density at radius 2 is 1.05 bits per heavy atom. The predicted molar refractivity (Wildman–Crippen MR) is 384 cm³/mol. The maximum atomic E-state index is 15.5. The summed E-state index contributed by atoms with van der Waals surface area (Å²) in [7, 11) is 6.75. The molecule has 0 aliphatic carbocycles. The second-order valence-electron chi connectivity index (χ2n) is 28.8. The van der Waals surface area contributed by atoms with Crippen LogP contribution in [0.2, 0.25) is 0 Å². The zero-order chi connectivity index (χ0) is 76.0. The summed E-state index contributed by atoms with van der Waals surface area (Å²) in [6.45, 7) is 18.4. The van der Waals surface area contributed by atoms with E-state index in [-0.39, 0.29) is 49.8 Å². The lowest BCUT2D eigenvalue weighted by Gasteiger charge is -2.37. The minimum Gasteiger partial charge on any atom is -0.391 e. The van der Waals surface area contributed by atoms with E-state index in [1.165, 1.54) is 58.9 Å². The molecule has 3 aromatic carbocycles. The van der Waals surface area contributed by atoms with Crippen molar-refractivity contribution < 1.29 is 67.4 Å². The van der Waals surface area contributed by atoms with Crippen molar-refractivity contribution in [2.75, 3.05) is 54.9 Å². The van der Waals surface area contributed by atoms with E-state index in [4.69, 9.17) is 0 Å². The van der Waals surface area contributed by atoms with E-state index < -0.39 is 168 Å². The van der Waals surface area contributed by atoms with Gasteiger partial charge in [-0.15, -0.1) is 0 Å². The van der Waals surface area contributed by atoms with Gasteiger partial charge in [-0.1, -0.05) is 146 Å². The Bertz CT molecular complexity index is 3370. The van der Waals surface area contributed by atoms with Crippen LogP contribution in [-0.2, 0) is 81.6 Å². The molecule has 27 nitrogen and oxygen atoms in total. The Balaban J connectivity index is 1.66. The zero-order valence-corrected chi connectivity index (χ0v) is 62.3. The fourth-order valence-corrected chi connectivity index (χ4v) is 12.8. The second-order valence-corrected chi connectivity index (χ2v) is 28.8. The maximum Gasteiger partial charge on any atom is 0.248 e. The number of carbonyl (C=O) groups is 13. The fraction of sp³-hybridized carbons (Fsp3) is 0.587. The highest BCUT2D eigenvalue weighted by molar-refractivity contribution is 6.01. The van der Waals surface area contributed by atoms with Crippen molar-refractivity contribution in [3.8, 4) is 0 Å². The van der Waals surface area contributed by atoms with E-state index in [1.807, 2.05) is 13.8 Å². The van der Waals surface area contributed by atoms with E-state index in [1.54, 1.807) is 144 Å². The minimum atomic E-state index is -1.85. The summed E-state index contributed by atoms with van der Waals surface area (Å²) in [5.74, 6) is -12.1. The molecule has 13 amide bonds. The van der Waals surface area contributed by atoms with Gasteiger partial charge >= 0.3 is 0 Å². The summed E-state index contributed by atoms with van der Waals surface area (Å²) in [5.41, 5.74) is 1.76. The number of hydrogen-bond acceptors (Lipinski definition) is 14. The number of carbonyl (C=O) groups excluding carboxylic acids is 13. The number of nitrogens with one attached hydrogen (secondary N) is 7. The molecule has 0 radical (unpaired) electrons. The summed E-state index contributed by atoms with van der Waals surface area (Å²) in [6, 6.07) is 10.5. The van der Waals surface area contributed by atoms with Crippen LogP contribution < -0.4 is 37.2 Å². The monoisotopic (exact) mass is 1420 g/mol. The van der Waals surface area contributed by atoms with Gasteiger partial charge in [-0.05, 0) is 93.2 Å². The molecule has 5 rings (SSSR count). The fourth-order valence-electron chi connectivity index (χ4n) is 12.8. The molecular weight excluding hydrogens is 1310 g/mol. The Labute approximate surface area is 601 Å². The number of aliphatic hydroxyl groups is 1. The molecule has 2 saturated heterocycles. The first-order valence-corrected chi connectivity index (χ1v) is 35.5. The molecule has 3 aromatic rings. The lowest BCUT2D eigenvalue weighted by Crippen LogP contribution is -2.62. The average Bonchev–Trinajstić information content (AvgIpc) is 0.829. The van der Waals surface area contributed by atoms with Crippen LogP contribution in [0.3, 0.4) is 0 Å². The van der Waals surface area contributed by atoms with Gasteiger partial charge in [0, 0.05) is 67.6 Å². The molecule has 0 aromatic heterocycles. The molecule has 102 heavy (non-hydrogen) atoms. The third-order valence-corrected chi connectivity index (χ3v) is 18.9. The van der Waals surface area contributed by atoms with E-state index >= 15 is 19.2 Å². The number of rotatable bonds is 18. The van der Waals surface area contributed by atoms with Crippen molar-refractivity contribution in [2.45, 2.75) is 207 Å². The van der Waals surface area contributed by atoms with Crippen LogP contribution in [0.25, 0.3) is 0 Å². The van der Waals surface area contributed by atoms with Crippen molar-refractivity contribution in [2.24, 2.45) is 23.7 Å². The van der Waals surface area contributed by atoms with Gasteiger partial charge in [0.1, 0.15) is 66.5 Å². The van der Waals surface area contributed by atoms with Gasteiger partial charge in [0.15, 0.2) is 0 Å². The molecule has 2 fully saturated rings. The highest BCUT2D eigenvalue weighted by Gasteiger charge is 2.43. The number of aliphatic hydroxyl groups excluding tert-OH is 1. The van der Waals surface area contributed by atoms with Crippen LogP contribution >= 0.6 is 0 Å². The normalized spacial score (nSPS) is 23.9. The highest BCUT2D eigenvalue weighted by atomic mass is 16.3. The highest BCUT2D eigenvalue weighted by Crippen LogP contribution is 2.22. The first-order chi connectivity index (χ1) is 48.0. The molecule has 12 atom stereocenters. The van der Waals surface area contributed by atoms with Gasteiger partial charge in [0.05, 0.1) is 19.1 Å². The molecular formula is C75H111N13O14. The van der Waals surface area contributed by atoms with Crippen molar-refractivity contribution in [3.63, 3.8) is 0 Å². The number of hydrogen-bond donors (Lipinski definition) is 8. The van der Waals surface area contributed by atoms with E-state index in [0.717, 1.165) is 34.0 Å². The Kier molecular flexibility index (Phi) is 32.1. The van der Waals surface area contributed by atoms with Crippen molar-refractivity contribution in [3.05, 3.63) is 108 Å². The predicted octanol–water partition coefficient (Wildman–Crippen LogP) is 2.12. The smallest absolute Gasteiger partial charge is 0.248 e. The number of piperidine rings is 1. The Morgan fingerprint density at radius 1 is 0.539 bits per heavy atom. The number of benzene rings is 3. The molecule has 560 valence electrons. The van der Waals surface area contributed by atoms with Gasteiger partial charge in [-0.3, -0.25) is 62.3 Å². The van der Waals surface area contributed by atoms with Crippen LogP contribution in [0.4, 0.5) is 0 Å².